The van der Waals surface area contributed by atoms with E-state index in [0.29, 0.717) is 5.71 Å². The van der Waals surface area contributed by atoms with Crippen molar-refractivity contribution in [3.63, 3.8) is 0 Å². The van der Waals surface area contributed by atoms with Gasteiger partial charge in [-0.2, -0.15) is 0 Å². The third-order valence-corrected chi connectivity index (χ3v) is 3.58. The Morgan fingerprint density at radius 1 is 1.33 bits per heavy atom. The van der Waals surface area contributed by atoms with Gasteiger partial charge in [0.15, 0.2) is 0 Å². The third kappa shape index (κ3) is 3.74. The molecule has 5 nitrogen and oxygen atoms in total. The van der Waals surface area contributed by atoms with Gasteiger partial charge in [0.2, 0.25) is 0 Å². The molecule has 0 fully saturated rings. The van der Waals surface area contributed by atoms with Crippen molar-refractivity contribution in [1.82, 2.24) is 0 Å². The second kappa shape index (κ2) is 6.16. The first-order valence-corrected chi connectivity index (χ1v) is 6.91. The summed E-state index contributed by atoms with van der Waals surface area (Å²) in [7, 11) is 3.01. The minimum atomic E-state index is -0.357. The fraction of sp³-hybridized carbons (Fsp3) is 0.500. The van der Waals surface area contributed by atoms with Gasteiger partial charge in [-0.05, 0) is 31.5 Å². The van der Waals surface area contributed by atoms with Crippen molar-refractivity contribution >= 4 is 11.7 Å². The standard InChI is InChI=1S/C16H21NO4/c1-16(2)10-13(11-5-7-12(19-3)8-6-11)14(17-21-16)9-15(18)20-4/h5-8,13H,9-10H2,1-4H3/t13-/m1/s1. The molecule has 0 aromatic heterocycles. The maximum absolute atomic E-state index is 11.5. The van der Waals surface area contributed by atoms with Gasteiger partial charge in [-0.15, -0.1) is 0 Å². The van der Waals surface area contributed by atoms with Gasteiger partial charge in [-0.25, -0.2) is 0 Å². The summed E-state index contributed by atoms with van der Waals surface area (Å²) in [5.74, 6) is 0.533. The van der Waals surface area contributed by atoms with E-state index in [-0.39, 0.29) is 23.9 Å². The summed E-state index contributed by atoms with van der Waals surface area (Å²) >= 11 is 0. The van der Waals surface area contributed by atoms with E-state index in [1.807, 2.05) is 38.1 Å². The van der Waals surface area contributed by atoms with E-state index in [1.54, 1.807) is 7.11 Å². The molecule has 0 N–H and O–H groups in total. The summed E-state index contributed by atoms with van der Waals surface area (Å²) in [5.41, 5.74) is 1.44. The molecule has 0 amide bonds. The van der Waals surface area contributed by atoms with Crippen LogP contribution in [-0.2, 0) is 14.4 Å². The lowest BCUT2D eigenvalue weighted by Gasteiger charge is -2.33. The highest BCUT2D eigenvalue weighted by molar-refractivity contribution is 6.02. The van der Waals surface area contributed by atoms with Crippen LogP contribution in [0.25, 0.3) is 0 Å². The van der Waals surface area contributed by atoms with Crippen molar-refractivity contribution in [1.29, 1.82) is 0 Å². The smallest absolute Gasteiger partial charge is 0.311 e. The van der Waals surface area contributed by atoms with Crippen LogP contribution < -0.4 is 4.74 Å². The number of benzene rings is 1. The van der Waals surface area contributed by atoms with Crippen LogP contribution in [0.1, 0.15) is 38.2 Å². The molecular weight excluding hydrogens is 270 g/mol. The quantitative estimate of drug-likeness (QED) is 0.800. The molecule has 0 saturated carbocycles. The van der Waals surface area contributed by atoms with Crippen molar-refractivity contribution in [3.05, 3.63) is 29.8 Å². The van der Waals surface area contributed by atoms with Crippen LogP contribution >= 0.6 is 0 Å². The Morgan fingerprint density at radius 2 is 2.00 bits per heavy atom. The minimum Gasteiger partial charge on any atom is -0.497 e. The first kappa shape index (κ1) is 15.4. The lowest BCUT2D eigenvalue weighted by atomic mass is 9.82. The van der Waals surface area contributed by atoms with E-state index in [4.69, 9.17) is 14.3 Å². The Hall–Kier alpha value is -2.04. The van der Waals surface area contributed by atoms with Crippen molar-refractivity contribution in [3.8, 4) is 5.75 Å². The average Bonchev–Trinajstić information content (AvgIpc) is 2.48. The molecule has 1 atom stereocenters. The molecule has 1 aromatic rings. The molecule has 0 bridgehead atoms. The van der Waals surface area contributed by atoms with Gasteiger partial charge in [-0.1, -0.05) is 17.3 Å². The number of ether oxygens (including phenoxy) is 2. The Labute approximate surface area is 124 Å². The molecule has 5 heteroatoms. The molecule has 0 saturated heterocycles. The molecule has 0 radical (unpaired) electrons. The zero-order valence-corrected chi connectivity index (χ0v) is 12.9. The molecule has 1 aliphatic rings. The molecule has 1 heterocycles. The summed E-state index contributed by atoms with van der Waals surface area (Å²) in [4.78, 5) is 17.0. The van der Waals surface area contributed by atoms with Crippen LogP contribution in [0.4, 0.5) is 0 Å². The molecule has 1 aliphatic heterocycles. The molecule has 0 unspecified atom stereocenters. The number of methoxy groups -OCH3 is 2. The van der Waals surface area contributed by atoms with E-state index in [1.165, 1.54) is 7.11 Å². The number of hydrogen-bond acceptors (Lipinski definition) is 5. The van der Waals surface area contributed by atoms with E-state index >= 15 is 0 Å². The Kier molecular flexibility index (Phi) is 4.50. The van der Waals surface area contributed by atoms with Crippen LogP contribution in [0.5, 0.6) is 5.75 Å². The second-order valence-electron chi connectivity index (χ2n) is 5.72. The van der Waals surface area contributed by atoms with Gasteiger partial charge in [-0.3, -0.25) is 4.79 Å². The number of rotatable bonds is 4. The number of hydrogen-bond donors (Lipinski definition) is 0. The van der Waals surface area contributed by atoms with Gasteiger partial charge in [0.25, 0.3) is 0 Å². The van der Waals surface area contributed by atoms with Gasteiger partial charge in [0, 0.05) is 12.3 Å². The molecule has 2 rings (SSSR count). The summed E-state index contributed by atoms with van der Waals surface area (Å²) < 4.78 is 9.91. The number of esters is 1. The van der Waals surface area contributed by atoms with Crippen molar-refractivity contribution in [2.24, 2.45) is 5.16 Å². The molecule has 1 aromatic carbocycles. The van der Waals surface area contributed by atoms with E-state index in [2.05, 4.69) is 5.16 Å². The number of carbonyl (C=O) groups excluding carboxylic acids is 1. The molecule has 21 heavy (non-hydrogen) atoms. The SMILES string of the molecule is COC(=O)CC1=NOC(C)(C)C[C@@H]1c1ccc(OC)cc1. The first-order valence-electron chi connectivity index (χ1n) is 6.91. The molecule has 0 aliphatic carbocycles. The average molecular weight is 291 g/mol. The highest BCUT2D eigenvalue weighted by atomic mass is 16.6. The predicted octanol–water partition coefficient (Wildman–Crippen LogP) is 2.90. The Morgan fingerprint density at radius 3 is 2.57 bits per heavy atom. The van der Waals surface area contributed by atoms with Crippen LogP contribution in [0.2, 0.25) is 0 Å². The minimum absolute atomic E-state index is 0.0405. The highest BCUT2D eigenvalue weighted by Crippen LogP contribution is 2.35. The lowest BCUT2D eigenvalue weighted by Crippen LogP contribution is -2.34. The second-order valence-corrected chi connectivity index (χ2v) is 5.72. The van der Waals surface area contributed by atoms with Gasteiger partial charge >= 0.3 is 5.97 Å². The molecule has 0 spiro atoms. The normalized spacial score (nSPS) is 20.2. The van der Waals surface area contributed by atoms with E-state index < -0.39 is 0 Å². The van der Waals surface area contributed by atoms with Crippen molar-refractivity contribution < 1.29 is 19.1 Å². The summed E-state index contributed by atoms with van der Waals surface area (Å²) in [6.45, 7) is 3.98. The fourth-order valence-corrected chi connectivity index (χ4v) is 2.41. The van der Waals surface area contributed by atoms with E-state index in [9.17, 15) is 4.79 Å². The zero-order chi connectivity index (χ0) is 15.5. The van der Waals surface area contributed by atoms with Crippen LogP contribution in [0, 0.1) is 0 Å². The van der Waals surface area contributed by atoms with Crippen molar-refractivity contribution in [2.45, 2.75) is 38.2 Å². The number of nitrogens with zero attached hydrogens (tertiary/aromatic N) is 1. The van der Waals surface area contributed by atoms with Gasteiger partial charge in [0.05, 0.1) is 26.4 Å². The van der Waals surface area contributed by atoms with Gasteiger partial charge < -0.3 is 14.3 Å². The zero-order valence-electron chi connectivity index (χ0n) is 12.9. The number of oxime groups is 1. The monoisotopic (exact) mass is 291 g/mol. The predicted molar refractivity (Wildman–Crippen MR) is 79.6 cm³/mol. The van der Waals surface area contributed by atoms with E-state index in [0.717, 1.165) is 17.7 Å². The largest absolute Gasteiger partial charge is 0.497 e. The maximum Gasteiger partial charge on any atom is 0.311 e. The topological polar surface area (TPSA) is 57.1 Å². The number of carbonyl (C=O) groups is 1. The highest BCUT2D eigenvalue weighted by Gasteiger charge is 2.35. The third-order valence-electron chi connectivity index (χ3n) is 3.58. The van der Waals surface area contributed by atoms with Crippen LogP contribution in [0.15, 0.2) is 29.4 Å². The fourth-order valence-electron chi connectivity index (χ4n) is 2.41. The first-order chi connectivity index (χ1) is 9.95. The summed E-state index contributed by atoms with van der Waals surface area (Å²) in [5, 5.41) is 4.16. The Balaban J connectivity index is 2.28. The van der Waals surface area contributed by atoms with Crippen LogP contribution in [-0.4, -0.2) is 31.5 Å². The summed E-state index contributed by atoms with van der Waals surface area (Å²) in [6, 6.07) is 7.82. The van der Waals surface area contributed by atoms with Crippen molar-refractivity contribution in [2.75, 3.05) is 14.2 Å². The maximum atomic E-state index is 11.5. The molecule has 114 valence electrons. The lowest BCUT2D eigenvalue weighted by molar-refractivity contribution is -0.139. The van der Waals surface area contributed by atoms with Crippen LogP contribution in [0.3, 0.4) is 0 Å². The summed E-state index contributed by atoms with van der Waals surface area (Å²) in [6.07, 6.45) is 0.901. The van der Waals surface area contributed by atoms with Gasteiger partial charge in [0.1, 0.15) is 11.4 Å². The Bertz CT molecular complexity index is 534. The molecular formula is C16H21NO4.